The van der Waals surface area contributed by atoms with E-state index in [1.54, 1.807) is 0 Å². The van der Waals surface area contributed by atoms with E-state index in [0.29, 0.717) is 0 Å². The van der Waals surface area contributed by atoms with Gasteiger partial charge in [-0.15, -0.1) is 0 Å². The van der Waals surface area contributed by atoms with Gasteiger partial charge in [0.2, 0.25) is 0 Å². The van der Waals surface area contributed by atoms with E-state index in [1.807, 2.05) is 0 Å². The Kier molecular flexibility index (Phi) is 9.23. The topological polar surface area (TPSA) is 14.8 Å². The molecule has 0 aliphatic heterocycles. The Labute approximate surface area is 407 Å². The summed E-state index contributed by atoms with van der Waals surface area (Å²) >= 11 is 0. The number of nitrogens with zero attached hydrogens (tertiary/aromatic N) is 3. The molecule has 4 heteroatoms. The van der Waals surface area contributed by atoms with Crippen LogP contribution in [0.25, 0.3) is 93.6 Å². The van der Waals surface area contributed by atoms with Crippen molar-refractivity contribution in [2.75, 3.05) is 0 Å². The van der Waals surface area contributed by atoms with Crippen molar-refractivity contribution >= 4 is 94.2 Å². The third-order valence-electron chi connectivity index (χ3n) is 14.8. The van der Waals surface area contributed by atoms with Crippen LogP contribution in [0.3, 0.4) is 0 Å². The molecule has 0 radical (unpaired) electrons. The highest BCUT2D eigenvalue weighted by Gasteiger charge is 2.43. The first kappa shape index (κ1) is 40.1. The van der Waals surface area contributed by atoms with E-state index in [9.17, 15) is 0 Å². The third kappa shape index (κ3) is 5.87. The summed E-state index contributed by atoms with van der Waals surface area (Å²) in [4.78, 5) is 0. The Morgan fingerprint density at radius 2 is 0.671 bits per heavy atom. The molecule has 0 saturated heterocycles. The monoisotopic (exact) mass is 907 g/mol. The fraction of sp³-hybridized carbons (Fsp3) is 0. The molecule has 3 aromatic heterocycles. The first-order valence-corrected chi connectivity index (χ1v) is 26.2. The molecule has 0 atom stereocenters. The molecule has 0 aliphatic rings. The minimum atomic E-state index is -3.15. The second kappa shape index (κ2) is 16.1. The molecule has 11 aromatic carbocycles. The van der Waals surface area contributed by atoms with Crippen molar-refractivity contribution in [2.24, 2.45) is 0 Å². The van der Waals surface area contributed by atoms with Gasteiger partial charge in [0, 0.05) is 43.6 Å². The van der Waals surface area contributed by atoms with Gasteiger partial charge < -0.3 is 13.7 Å². The fourth-order valence-corrected chi connectivity index (χ4v) is 17.0. The van der Waals surface area contributed by atoms with Crippen molar-refractivity contribution < 1.29 is 0 Å². The van der Waals surface area contributed by atoms with Crippen LogP contribution in [0, 0.1) is 0 Å². The number of hydrogen-bond acceptors (Lipinski definition) is 0. The van der Waals surface area contributed by atoms with E-state index < -0.39 is 8.07 Å². The van der Waals surface area contributed by atoms with Gasteiger partial charge in [-0.3, -0.25) is 0 Å². The lowest BCUT2D eigenvalue weighted by molar-refractivity contribution is 1.17. The normalized spacial score (nSPS) is 12.0. The number of aromatic nitrogens is 3. The van der Waals surface area contributed by atoms with E-state index in [2.05, 4.69) is 287 Å². The molecule has 0 amide bonds. The summed E-state index contributed by atoms with van der Waals surface area (Å²) in [5.41, 5.74) is 13.0. The van der Waals surface area contributed by atoms with Crippen molar-refractivity contribution in [3.05, 3.63) is 273 Å². The molecule has 0 bridgehead atoms. The van der Waals surface area contributed by atoms with Crippen LogP contribution in [0.15, 0.2) is 273 Å². The maximum absolute atomic E-state index is 3.15. The molecule has 0 saturated carbocycles. The SMILES string of the molecule is c1ccc(-c2ccccc2-n2c3ccccc3c3c(-n4c5ccccc5c5c([Si](c6ccccc6)(c6ccccc6)c6cccc(-n7c8ccccc8c8ccccc87)c6)cccc54)cccc32)cc1. The molecule has 3 nitrogen and oxygen atoms in total. The van der Waals surface area contributed by atoms with Crippen LogP contribution in [0.2, 0.25) is 0 Å². The van der Waals surface area contributed by atoms with E-state index >= 15 is 0 Å². The molecule has 0 spiro atoms. The number of fused-ring (bicyclic) bond motifs is 9. The first-order chi connectivity index (χ1) is 34.8. The standard InChI is InChI=1S/C66H45N3Si/c1-4-23-46(24-5-1)51-31-10-15-36-56(51)68-59-39-18-13-34-54(59)65-61(68)41-21-42-62(65)69-60-40-19-14-35-55(60)66-63(69)43-22-44-64(66)70(48-26-6-2-7-27-48,49-28-8-3-9-29-49)50-30-20-25-47(45-50)67-57-37-16-11-32-52(57)53-33-12-17-38-58(53)67/h1-45H. The Hall–Kier alpha value is -8.96. The predicted molar refractivity (Wildman–Crippen MR) is 299 cm³/mol. The highest BCUT2D eigenvalue weighted by Crippen LogP contribution is 2.42. The molecule has 70 heavy (non-hydrogen) atoms. The van der Waals surface area contributed by atoms with Gasteiger partial charge in [0.15, 0.2) is 8.07 Å². The fourth-order valence-electron chi connectivity index (χ4n) is 12.0. The maximum Gasteiger partial charge on any atom is 0.180 e. The third-order valence-corrected chi connectivity index (χ3v) is 19.6. The van der Waals surface area contributed by atoms with E-state index in [-0.39, 0.29) is 0 Å². The maximum atomic E-state index is 2.56. The summed E-state index contributed by atoms with van der Waals surface area (Å²) < 4.78 is 7.49. The molecule has 0 N–H and O–H groups in total. The van der Waals surface area contributed by atoms with Gasteiger partial charge >= 0.3 is 0 Å². The van der Waals surface area contributed by atoms with Gasteiger partial charge in [-0.1, -0.05) is 212 Å². The van der Waals surface area contributed by atoms with Crippen LogP contribution in [-0.2, 0) is 0 Å². The lowest BCUT2D eigenvalue weighted by Crippen LogP contribution is -2.74. The van der Waals surface area contributed by atoms with Gasteiger partial charge in [-0.05, 0) is 87.0 Å². The Bertz CT molecular complexity index is 4200. The zero-order valence-electron chi connectivity index (χ0n) is 38.3. The average molecular weight is 908 g/mol. The largest absolute Gasteiger partial charge is 0.309 e. The van der Waals surface area contributed by atoms with Crippen LogP contribution in [0.1, 0.15) is 0 Å². The lowest BCUT2D eigenvalue weighted by atomic mass is 10.0. The van der Waals surface area contributed by atoms with Crippen LogP contribution in [-0.4, -0.2) is 21.8 Å². The molecule has 0 unspecified atom stereocenters. The molecule has 0 fully saturated rings. The lowest BCUT2D eigenvalue weighted by Gasteiger charge is -2.35. The van der Waals surface area contributed by atoms with E-state index in [0.717, 1.165) is 17.1 Å². The minimum Gasteiger partial charge on any atom is -0.309 e. The Balaban J connectivity index is 1.08. The van der Waals surface area contributed by atoms with Crippen LogP contribution < -0.4 is 20.7 Å². The van der Waals surface area contributed by atoms with Crippen LogP contribution in [0.5, 0.6) is 0 Å². The zero-order valence-corrected chi connectivity index (χ0v) is 39.3. The van der Waals surface area contributed by atoms with Gasteiger partial charge in [0.1, 0.15) is 0 Å². The zero-order chi connectivity index (χ0) is 46.2. The van der Waals surface area contributed by atoms with E-state index in [1.165, 1.54) is 97.3 Å². The van der Waals surface area contributed by atoms with Crippen molar-refractivity contribution in [1.82, 2.24) is 13.7 Å². The summed E-state index contributed by atoms with van der Waals surface area (Å²) in [7, 11) is -3.15. The van der Waals surface area contributed by atoms with Crippen molar-refractivity contribution in [1.29, 1.82) is 0 Å². The summed E-state index contributed by atoms with van der Waals surface area (Å²) in [5.74, 6) is 0. The highest BCUT2D eigenvalue weighted by molar-refractivity contribution is 7.20. The van der Waals surface area contributed by atoms with Crippen LogP contribution in [0.4, 0.5) is 0 Å². The minimum absolute atomic E-state index is 1.16. The van der Waals surface area contributed by atoms with Crippen molar-refractivity contribution in [3.63, 3.8) is 0 Å². The second-order valence-corrected chi connectivity index (χ2v) is 22.1. The number of hydrogen-bond donors (Lipinski definition) is 0. The van der Waals surface area contributed by atoms with Gasteiger partial charge in [-0.2, -0.15) is 0 Å². The first-order valence-electron chi connectivity index (χ1n) is 24.2. The molecule has 0 aliphatic carbocycles. The summed E-state index contributed by atoms with van der Waals surface area (Å²) in [6.07, 6.45) is 0. The predicted octanol–water partition coefficient (Wildman–Crippen LogP) is 14.0. The molecule has 14 rings (SSSR count). The van der Waals surface area contributed by atoms with Crippen LogP contribution >= 0.6 is 0 Å². The van der Waals surface area contributed by atoms with Crippen molar-refractivity contribution in [2.45, 2.75) is 0 Å². The van der Waals surface area contributed by atoms with E-state index in [4.69, 9.17) is 0 Å². The Morgan fingerprint density at radius 1 is 0.257 bits per heavy atom. The molecular formula is C66H45N3Si. The summed E-state index contributed by atoms with van der Waals surface area (Å²) in [6.45, 7) is 0. The summed E-state index contributed by atoms with van der Waals surface area (Å²) in [6, 6.07) is 101. The van der Waals surface area contributed by atoms with Gasteiger partial charge in [-0.25, -0.2) is 0 Å². The highest BCUT2D eigenvalue weighted by atomic mass is 28.3. The van der Waals surface area contributed by atoms with Gasteiger partial charge in [0.05, 0.1) is 44.5 Å². The number of rotatable bonds is 8. The molecule has 328 valence electrons. The average Bonchev–Trinajstić information content (AvgIpc) is 4.08. The quantitative estimate of drug-likeness (QED) is 0.107. The molecule has 3 heterocycles. The number of para-hydroxylation sites is 5. The molecular weight excluding hydrogens is 863 g/mol. The molecule has 14 aromatic rings. The Morgan fingerprint density at radius 3 is 1.30 bits per heavy atom. The van der Waals surface area contributed by atoms with Gasteiger partial charge in [0.25, 0.3) is 0 Å². The number of benzene rings is 11. The summed E-state index contributed by atoms with van der Waals surface area (Å²) in [5, 5.41) is 12.9. The smallest absolute Gasteiger partial charge is 0.180 e. The van der Waals surface area contributed by atoms with Crippen molar-refractivity contribution in [3.8, 4) is 28.2 Å². The second-order valence-electron chi connectivity index (χ2n) is 18.4.